The Morgan fingerprint density at radius 1 is 1.16 bits per heavy atom. The summed E-state index contributed by atoms with van der Waals surface area (Å²) in [5.41, 5.74) is 0.777. The monoisotopic (exact) mass is 530 g/mol. The van der Waals surface area contributed by atoms with Crippen LogP contribution in [0.4, 0.5) is 25.1 Å². The number of carbonyl (C=O) groups is 3. The van der Waals surface area contributed by atoms with E-state index in [1.165, 1.54) is 16.8 Å². The SMILES string of the molecule is CCOC(=O)C[C@H](NC(=O)Nc1cnn2ccc(N3CCC[C@@H]3c3cc(F)ccc3F)nc12)C(=O)OCC. The third kappa shape index (κ3) is 5.98. The van der Waals surface area contributed by atoms with E-state index in [-0.39, 0.29) is 24.5 Å². The molecule has 11 nitrogen and oxygen atoms in total. The van der Waals surface area contributed by atoms with E-state index in [9.17, 15) is 23.2 Å². The van der Waals surface area contributed by atoms with Crippen molar-refractivity contribution in [3.63, 3.8) is 0 Å². The fourth-order valence-electron chi connectivity index (χ4n) is 4.38. The lowest BCUT2D eigenvalue weighted by atomic mass is 10.0. The fraction of sp³-hybridized carbons (Fsp3) is 0.400. The molecular weight excluding hydrogens is 502 g/mol. The minimum absolute atomic E-state index is 0.0687. The maximum absolute atomic E-state index is 14.5. The maximum atomic E-state index is 14.5. The summed E-state index contributed by atoms with van der Waals surface area (Å²) in [6.07, 6.45) is 4.00. The van der Waals surface area contributed by atoms with Crippen LogP contribution in [0.1, 0.15) is 44.7 Å². The molecule has 2 atom stereocenters. The molecule has 0 aliphatic carbocycles. The van der Waals surface area contributed by atoms with Crippen LogP contribution in [0.3, 0.4) is 0 Å². The second-order valence-electron chi connectivity index (χ2n) is 8.54. The van der Waals surface area contributed by atoms with Gasteiger partial charge in [0.15, 0.2) is 5.65 Å². The minimum atomic E-state index is -1.26. The molecule has 0 spiro atoms. The molecule has 38 heavy (non-hydrogen) atoms. The molecule has 1 aromatic carbocycles. The summed E-state index contributed by atoms with van der Waals surface area (Å²) in [4.78, 5) is 43.4. The molecule has 1 fully saturated rings. The van der Waals surface area contributed by atoms with E-state index < -0.39 is 48.1 Å². The predicted octanol–water partition coefficient (Wildman–Crippen LogP) is 3.36. The summed E-state index contributed by atoms with van der Waals surface area (Å²) in [5, 5.41) is 9.19. The van der Waals surface area contributed by atoms with E-state index in [1.54, 1.807) is 26.1 Å². The first kappa shape index (κ1) is 26.8. The van der Waals surface area contributed by atoms with Gasteiger partial charge < -0.3 is 25.0 Å². The third-order valence-electron chi connectivity index (χ3n) is 6.02. The van der Waals surface area contributed by atoms with E-state index in [0.29, 0.717) is 24.4 Å². The number of ether oxygens (including phenoxy) is 2. The van der Waals surface area contributed by atoms with Crippen LogP contribution in [-0.2, 0) is 19.1 Å². The second kappa shape index (κ2) is 11.8. The molecule has 1 saturated heterocycles. The van der Waals surface area contributed by atoms with Crippen molar-refractivity contribution >= 4 is 35.1 Å². The normalized spacial score (nSPS) is 15.8. The molecular formula is C25H28F2N6O5. The number of hydrogen-bond donors (Lipinski definition) is 2. The number of urea groups is 1. The Bertz CT molecular complexity index is 1330. The second-order valence-corrected chi connectivity index (χ2v) is 8.54. The zero-order valence-electron chi connectivity index (χ0n) is 20.9. The number of aromatic nitrogens is 3. The van der Waals surface area contributed by atoms with Crippen LogP contribution in [0.2, 0.25) is 0 Å². The van der Waals surface area contributed by atoms with E-state index in [4.69, 9.17) is 9.47 Å². The summed E-state index contributed by atoms with van der Waals surface area (Å²) < 4.78 is 39.6. The first-order valence-electron chi connectivity index (χ1n) is 12.3. The predicted molar refractivity (Wildman–Crippen MR) is 132 cm³/mol. The van der Waals surface area contributed by atoms with Gasteiger partial charge in [0.2, 0.25) is 0 Å². The maximum Gasteiger partial charge on any atom is 0.329 e. The van der Waals surface area contributed by atoms with Gasteiger partial charge in [0, 0.05) is 18.3 Å². The standard InChI is InChI=1S/C25H28F2N6O5/c1-3-37-22(34)13-18(24(35)38-4-2)29-25(36)30-19-14-28-33-11-9-21(31-23(19)33)32-10-5-6-20(32)16-12-15(26)7-8-17(16)27/h7-9,11-12,14,18,20H,3-6,10,13H2,1-2H3,(H2,29,30,36)/t18-,20+/m0/s1. The molecule has 13 heteroatoms. The molecule has 2 N–H and O–H groups in total. The average Bonchev–Trinajstić information content (AvgIpc) is 3.52. The molecule has 202 valence electrons. The number of anilines is 2. The lowest BCUT2D eigenvalue weighted by molar-refractivity contribution is -0.151. The molecule has 3 heterocycles. The van der Waals surface area contributed by atoms with Gasteiger partial charge in [0.1, 0.15) is 29.2 Å². The molecule has 0 unspecified atom stereocenters. The molecule has 0 radical (unpaired) electrons. The molecule has 2 amide bonds. The number of hydrogen-bond acceptors (Lipinski definition) is 8. The highest BCUT2D eigenvalue weighted by molar-refractivity contribution is 5.96. The number of carbonyl (C=O) groups excluding carboxylic acids is 3. The number of amides is 2. The Balaban J connectivity index is 1.53. The number of benzene rings is 1. The van der Waals surface area contributed by atoms with Crippen molar-refractivity contribution in [3.8, 4) is 0 Å². The van der Waals surface area contributed by atoms with Crippen LogP contribution in [0.25, 0.3) is 5.65 Å². The zero-order chi connectivity index (χ0) is 27.2. The fourth-order valence-corrected chi connectivity index (χ4v) is 4.38. The molecule has 4 rings (SSSR count). The van der Waals surface area contributed by atoms with Gasteiger partial charge in [-0.15, -0.1) is 0 Å². The van der Waals surface area contributed by atoms with Crippen molar-refractivity contribution in [2.24, 2.45) is 0 Å². The van der Waals surface area contributed by atoms with Gasteiger partial charge in [-0.3, -0.25) is 4.79 Å². The van der Waals surface area contributed by atoms with Crippen LogP contribution < -0.4 is 15.5 Å². The lowest BCUT2D eigenvalue weighted by Crippen LogP contribution is -2.45. The summed E-state index contributed by atoms with van der Waals surface area (Å²) in [7, 11) is 0. The van der Waals surface area contributed by atoms with Crippen LogP contribution in [-0.4, -0.2) is 58.4 Å². The number of fused-ring (bicyclic) bond motifs is 1. The Labute approximate surface area is 217 Å². The van der Waals surface area contributed by atoms with Gasteiger partial charge in [-0.05, 0) is 51.0 Å². The number of esters is 2. The third-order valence-corrected chi connectivity index (χ3v) is 6.02. The highest BCUT2D eigenvalue weighted by Crippen LogP contribution is 2.37. The van der Waals surface area contributed by atoms with Crippen LogP contribution in [0, 0.1) is 11.6 Å². The molecule has 2 aromatic heterocycles. The van der Waals surface area contributed by atoms with E-state index >= 15 is 0 Å². The van der Waals surface area contributed by atoms with Gasteiger partial charge in [0.25, 0.3) is 0 Å². The number of rotatable bonds is 9. The summed E-state index contributed by atoms with van der Waals surface area (Å²) in [5.74, 6) is -1.95. The number of nitrogens with one attached hydrogen (secondary N) is 2. The Kier molecular flexibility index (Phi) is 8.34. The van der Waals surface area contributed by atoms with Crippen molar-refractivity contribution in [1.82, 2.24) is 19.9 Å². The first-order chi connectivity index (χ1) is 18.3. The van der Waals surface area contributed by atoms with Crippen molar-refractivity contribution in [3.05, 3.63) is 53.9 Å². The van der Waals surface area contributed by atoms with E-state index in [2.05, 4.69) is 20.7 Å². The van der Waals surface area contributed by atoms with Crippen molar-refractivity contribution in [2.45, 2.75) is 45.2 Å². The van der Waals surface area contributed by atoms with Crippen LogP contribution in [0.15, 0.2) is 36.7 Å². The van der Waals surface area contributed by atoms with Gasteiger partial charge in [-0.2, -0.15) is 5.10 Å². The highest BCUT2D eigenvalue weighted by Gasteiger charge is 2.30. The van der Waals surface area contributed by atoms with Crippen molar-refractivity contribution in [2.75, 3.05) is 30.0 Å². The van der Waals surface area contributed by atoms with Crippen LogP contribution in [0.5, 0.6) is 0 Å². The number of nitrogens with zero attached hydrogens (tertiary/aromatic N) is 4. The Morgan fingerprint density at radius 2 is 1.95 bits per heavy atom. The van der Waals surface area contributed by atoms with Crippen LogP contribution >= 0.6 is 0 Å². The quantitative estimate of drug-likeness (QED) is 0.403. The van der Waals surface area contributed by atoms with E-state index in [0.717, 1.165) is 18.6 Å². The molecule has 1 aliphatic heterocycles. The minimum Gasteiger partial charge on any atom is -0.466 e. The molecule has 0 saturated carbocycles. The van der Waals surface area contributed by atoms with Gasteiger partial charge in [0.05, 0.1) is 31.9 Å². The van der Waals surface area contributed by atoms with Gasteiger partial charge in [-0.25, -0.2) is 27.9 Å². The summed E-state index contributed by atoms with van der Waals surface area (Å²) >= 11 is 0. The van der Waals surface area contributed by atoms with Gasteiger partial charge >= 0.3 is 18.0 Å². The molecule has 1 aliphatic rings. The summed E-state index contributed by atoms with van der Waals surface area (Å²) in [6.45, 7) is 4.01. The average molecular weight is 531 g/mol. The largest absolute Gasteiger partial charge is 0.466 e. The molecule has 3 aromatic rings. The zero-order valence-corrected chi connectivity index (χ0v) is 20.9. The molecule has 0 bridgehead atoms. The smallest absolute Gasteiger partial charge is 0.329 e. The topological polar surface area (TPSA) is 127 Å². The van der Waals surface area contributed by atoms with E-state index in [1.807, 2.05) is 4.90 Å². The first-order valence-corrected chi connectivity index (χ1v) is 12.3. The van der Waals surface area contributed by atoms with Crippen molar-refractivity contribution in [1.29, 1.82) is 0 Å². The Hall–Kier alpha value is -4.29. The van der Waals surface area contributed by atoms with Gasteiger partial charge in [-0.1, -0.05) is 0 Å². The lowest BCUT2D eigenvalue weighted by Gasteiger charge is -2.26. The Morgan fingerprint density at radius 3 is 2.71 bits per heavy atom. The number of halogens is 2. The highest BCUT2D eigenvalue weighted by atomic mass is 19.1. The van der Waals surface area contributed by atoms with Crippen molar-refractivity contribution < 1.29 is 32.6 Å². The summed E-state index contributed by atoms with van der Waals surface area (Å²) in [6, 6.07) is 2.65.